The van der Waals surface area contributed by atoms with Crippen LogP contribution in [0, 0.1) is 10.1 Å². The number of nitrogens with zero attached hydrogens (tertiary/aromatic N) is 2. The minimum atomic E-state index is -1.19. The number of hydrogen-bond donors (Lipinski definition) is 3. The number of non-ortho nitro benzene ring substituents is 1. The second kappa shape index (κ2) is 20.6. The van der Waals surface area contributed by atoms with Gasteiger partial charge in [0, 0.05) is 30.8 Å². The van der Waals surface area contributed by atoms with Crippen LogP contribution < -0.4 is 26.0 Å². The largest absolute Gasteiger partial charge is 0.514 e. The third kappa shape index (κ3) is 14.3. The van der Waals surface area contributed by atoms with Gasteiger partial charge in [0.15, 0.2) is 0 Å². The number of primary amides is 1. The normalized spacial score (nSPS) is 11.9. The third-order valence-corrected chi connectivity index (χ3v) is 7.48. The molecule has 0 radical (unpaired) electrons. The topological polar surface area (TPSA) is 219 Å². The third-order valence-electron chi connectivity index (χ3n) is 7.48. The van der Waals surface area contributed by atoms with Gasteiger partial charge in [0.05, 0.1) is 4.92 Å². The van der Waals surface area contributed by atoms with E-state index in [1.165, 1.54) is 35.2 Å². The van der Waals surface area contributed by atoms with Crippen LogP contribution in [0.4, 0.5) is 25.8 Å². The Hall–Kier alpha value is -6.45. The molecule has 0 aromatic heterocycles. The summed E-state index contributed by atoms with van der Waals surface area (Å²) in [5, 5.41) is 16.1. The smallest absolute Gasteiger partial charge is 0.445 e. The van der Waals surface area contributed by atoms with Crippen LogP contribution in [0.3, 0.4) is 0 Å². The first-order valence-electron chi connectivity index (χ1n) is 17.0. The lowest BCUT2D eigenvalue weighted by Gasteiger charge is -2.34. The molecule has 0 aliphatic carbocycles. The molecular weight excluding hydrogens is 702 g/mol. The predicted molar refractivity (Wildman–Crippen MR) is 198 cm³/mol. The number of benzene rings is 3. The molecule has 4 amide bonds. The Balaban J connectivity index is 1.86. The molecule has 3 rings (SSSR count). The van der Waals surface area contributed by atoms with Gasteiger partial charge < -0.3 is 35.3 Å². The van der Waals surface area contributed by atoms with Gasteiger partial charge in [-0.05, 0) is 75.4 Å². The van der Waals surface area contributed by atoms with Crippen molar-refractivity contribution in [1.82, 2.24) is 10.6 Å². The van der Waals surface area contributed by atoms with Crippen LogP contribution in [0.2, 0.25) is 0 Å². The number of nitrogens with one attached hydrogen (secondary N) is 2. The summed E-state index contributed by atoms with van der Waals surface area (Å²) in [5.41, 5.74) is 6.36. The predicted octanol–water partition coefficient (Wildman–Crippen LogP) is 5.72. The van der Waals surface area contributed by atoms with Gasteiger partial charge in [-0.15, -0.1) is 0 Å². The molecule has 288 valence electrons. The molecule has 4 N–H and O–H groups in total. The number of amides is 4. The summed E-state index contributed by atoms with van der Waals surface area (Å²) in [6.07, 6.45) is -0.138. The second-order valence-corrected chi connectivity index (χ2v) is 12.9. The van der Waals surface area contributed by atoms with E-state index in [-0.39, 0.29) is 49.7 Å². The van der Waals surface area contributed by atoms with Gasteiger partial charge in [0.1, 0.15) is 36.6 Å². The fraction of sp³-hybridized carbons (Fsp3) is 0.342. The number of nitro groups is 1. The number of carbonyl (C=O) groups excluding carboxylic acids is 5. The van der Waals surface area contributed by atoms with E-state index < -0.39 is 52.8 Å². The fourth-order valence-corrected chi connectivity index (χ4v) is 5.02. The van der Waals surface area contributed by atoms with Crippen molar-refractivity contribution in [3.63, 3.8) is 0 Å². The van der Waals surface area contributed by atoms with Crippen molar-refractivity contribution in [2.24, 2.45) is 5.73 Å². The number of alkyl carbamates (subject to hydrolysis) is 2. The molecule has 2 atom stereocenters. The van der Waals surface area contributed by atoms with Crippen molar-refractivity contribution in [3.05, 3.63) is 113 Å². The lowest BCUT2D eigenvalue weighted by atomic mass is 10.0. The minimum absolute atomic E-state index is 0.0426. The van der Waals surface area contributed by atoms with E-state index in [1.54, 1.807) is 69.3 Å². The van der Waals surface area contributed by atoms with Crippen molar-refractivity contribution in [3.8, 4) is 5.75 Å². The van der Waals surface area contributed by atoms with E-state index in [1.807, 2.05) is 6.07 Å². The van der Waals surface area contributed by atoms with Crippen LogP contribution in [0.15, 0.2) is 91.5 Å². The monoisotopic (exact) mass is 747 g/mol. The average Bonchev–Trinajstić information content (AvgIpc) is 3.12. The summed E-state index contributed by atoms with van der Waals surface area (Å²) in [7, 11) is 0. The number of rotatable bonds is 18. The van der Waals surface area contributed by atoms with Crippen molar-refractivity contribution < 1.29 is 47.8 Å². The quantitative estimate of drug-likeness (QED) is 0.0272. The molecule has 0 bridgehead atoms. The van der Waals surface area contributed by atoms with E-state index in [0.29, 0.717) is 18.4 Å². The molecule has 3 aromatic carbocycles. The number of nitro benzene ring substituents is 1. The molecule has 16 heteroatoms. The van der Waals surface area contributed by atoms with Crippen LogP contribution in [-0.4, -0.2) is 65.9 Å². The molecule has 0 aliphatic rings. The number of carbonyl (C=O) groups is 5. The molecule has 16 nitrogen and oxygen atoms in total. The summed E-state index contributed by atoms with van der Waals surface area (Å²) < 4.78 is 20.6. The Morgan fingerprint density at radius 1 is 0.907 bits per heavy atom. The number of hydrogen-bond acceptors (Lipinski definition) is 11. The van der Waals surface area contributed by atoms with Crippen molar-refractivity contribution in [1.29, 1.82) is 0 Å². The first-order valence-corrected chi connectivity index (χ1v) is 17.0. The Kier molecular flexibility index (Phi) is 16.0. The van der Waals surface area contributed by atoms with Crippen LogP contribution >= 0.6 is 0 Å². The number of unbranched alkanes of at least 4 members (excludes halogenated alkanes) is 1. The van der Waals surface area contributed by atoms with Crippen LogP contribution in [0.25, 0.3) is 0 Å². The molecular formula is C38H45N5O11. The SMILES string of the molecule is C=CCOC(=O)NCCCC[C@@H](C(N)=O)N(C(=O)[C@H](Cc1ccccc1)NC(=O)OC(C)(C)C)c1ccc(COC(=O)Oc2ccc([N+](=O)[O-])cc2)cc1. The molecule has 54 heavy (non-hydrogen) atoms. The van der Waals surface area contributed by atoms with Crippen molar-refractivity contribution in [2.45, 2.75) is 70.7 Å². The van der Waals surface area contributed by atoms with E-state index in [0.717, 1.165) is 5.56 Å². The van der Waals surface area contributed by atoms with E-state index in [2.05, 4.69) is 17.2 Å². The summed E-state index contributed by atoms with van der Waals surface area (Å²) in [5.74, 6) is -1.41. The maximum absolute atomic E-state index is 14.5. The van der Waals surface area contributed by atoms with Gasteiger partial charge in [-0.2, -0.15) is 0 Å². The first-order chi connectivity index (χ1) is 25.7. The zero-order valence-electron chi connectivity index (χ0n) is 30.4. The number of nitrogens with two attached hydrogens (primary N) is 1. The van der Waals surface area contributed by atoms with E-state index >= 15 is 0 Å². The van der Waals surface area contributed by atoms with Crippen LogP contribution in [-0.2, 0) is 36.8 Å². The highest BCUT2D eigenvalue weighted by atomic mass is 16.7. The highest BCUT2D eigenvalue weighted by Crippen LogP contribution is 2.24. The van der Waals surface area contributed by atoms with Crippen LogP contribution in [0.1, 0.15) is 51.2 Å². The van der Waals surface area contributed by atoms with Gasteiger partial charge in [-0.1, -0.05) is 55.1 Å². The molecule has 0 aliphatic heterocycles. The maximum Gasteiger partial charge on any atom is 0.514 e. The number of anilines is 1. The Bertz CT molecular complexity index is 1740. The zero-order valence-corrected chi connectivity index (χ0v) is 30.4. The van der Waals surface area contributed by atoms with Crippen molar-refractivity contribution in [2.75, 3.05) is 18.1 Å². The van der Waals surface area contributed by atoms with Crippen molar-refractivity contribution >= 4 is 41.5 Å². The Labute approximate surface area is 312 Å². The molecule has 0 saturated carbocycles. The molecule has 0 unspecified atom stereocenters. The molecule has 3 aromatic rings. The lowest BCUT2D eigenvalue weighted by molar-refractivity contribution is -0.384. The zero-order chi connectivity index (χ0) is 39.7. The van der Waals surface area contributed by atoms with Gasteiger partial charge in [-0.3, -0.25) is 24.6 Å². The van der Waals surface area contributed by atoms with Crippen LogP contribution in [0.5, 0.6) is 5.75 Å². The van der Waals surface area contributed by atoms with Gasteiger partial charge in [-0.25, -0.2) is 14.4 Å². The van der Waals surface area contributed by atoms with Gasteiger partial charge in [0.25, 0.3) is 11.6 Å². The second-order valence-electron chi connectivity index (χ2n) is 12.9. The summed E-state index contributed by atoms with van der Waals surface area (Å²) in [6.45, 7) is 8.58. The van der Waals surface area contributed by atoms with E-state index in [4.69, 9.17) is 24.7 Å². The molecule has 0 saturated heterocycles. The fourth-order valence-electron chi connectivity index (χ4n) is 5.02. The highest BCUT2D eigenvalue weighted by Gasteiger charge is 2.35. The Morgan fingerprint density at radius 3 is 2.17 bits per heavy atom. The molecule has 0 heterocycles. The maximum atomic E-state index is 14.5. The first kappa shape index (κ1) is 42.0. The lowest BCUT2D eigenvalue weighted by Crippen LogP contribution is -2.56. The summed E-state index contributed by atoms with van der Waals surface area (Å²) in [6, 6.07) is 17.7. The van der Waals surface area contributed by atoms with E-state index in [9.17, 15) is 34.1 Å². The molecule has 0 spiro atoms. The van der Waals surface area contributed by atoms with Gasteiger partial charge in [0.2, 0.25) is 5.91 Å². The standard InChI is InChI=1S/C38H45N5O11/c1-5-23-51-35(46)40-22-10-9-13-32(33(39)44)42(34(45)31(24-26-11-7-6-8-12-26)41-36(47)54-38(2,3)4)28-16-14-27(15-17-28)25-52-37(48)53-30-20-18-29(19-21-30)43(49)50/h5-8,11-12,14-21,31-32H,1,9-10,13,22-25H2,2-4H3,(H2,39,44)(H,40,46)(H,41,47)/t31-,32-/m0/s1. The summed E-state index contributed by atoms with van der Waals surface area (Å²) >= 11 is 0. The van der Waals surface area contributed by atoms with Gasteiger partial charge >= 0.3 is 18.3 Å². The highest BCUT2D eigenvalue weighted by molar-refractivity contribution is 6.04. The summed E-state index contributed by atoms with van der Waals surface area (Å²) in [4.78, 5) is 76.2. The average molecular weight is 748 g/mol. The molecule has 0 fully saturated rings. The number of ether oxygens (including phenoxy) is 4. The Morgan fingerprint density at radius 2 is 1.57 bits per heavy atom. The minimum Gasteiger partial charge on any atom is -0.445 e.